The fraction of sp³-hybridized carbons (Fsp3) is 0.333. The van der Waals surface area contributed by atoms with Gasteiger partial charge in [0.2, 0.25) is 0 Å². The fourth-order valence-electron chi connectivity index (χ4n) is 0.789. The first-order chi connectivity index (χ1) is 7.29. The number of aromatic nitrogens is 1. The predicted molar refractivity (Wildman–Crippen MR) is 62.7 cm³/mol. The van der Waals surface area contributed by atoms with Gasteiger partial charge in [0.15, 0.2) is 0 Å². The van der Waals surface area contributed by atoms with Gasteiger partial charge < -0.3 is 10.5 Å². The molecule has 82 valence electrons. The van der Waals surface area contributed by atoms with Crippen molar-refractivity contribution in [1.82, 2.24) is 4.98 Å². The summed E-state index contributed by atoms with van der Waals surface area (Å²) in [6.07, 6.45) is 1.85. The van der Waals surface area contributed by atoms with Gasteiger partial charge in [-0.25, -0.2) is 9.78 Å². The van der Waals surface area contributed by atoms with Gasteiger partial charge in [-0.15, -0.1) is 0 Å². The van der Waals surface area contributed by atoms with Gasteiger partial charge in [-0.05, 0) is 29.3 Å². The van der Waals surface area contributed by atoms with E-state index in [9.17, 15) is 4.79 Å². The van der Waals surface area contributed by atoms with Crippen LogP contribution in [-0.4, -0.2) is 23.4 Å². The zero-order valence-electron chi connectivity index (χ0n) is 8.09. The molecule has 2 N–H and O–H groups in total. The summed E-state index contributed by atoms with van der Waals surface area (Å²) in [7, 11) is 3.29. The lowest BCUT2D eigenvalue weighted by Gasteiger charge is -2.01. The Hall–Kier alpha value is -0.880. The van der Waals surface area contributed by atoms with E-state index in [1.54, 1.807) is 27.8 Å². The molecular formula is C9H12N2O2S2. The molecule has 0 fully saturated rings. The molecule has 1 aromatic rings. The highest BCUT2D eigenvalue weighted by Crippen LogP contribution is 2.29. The Kier molecular flexibility index (Phi) is 6.03. The summed E-state index contributed by atoms with van der Waals surface area (Å²) < 4.78 is 4.59. The second-order valence-corrected chi connectivity index (χ2v) is 5.03. The van der Waals surface area contributed by atoms with Gasteiger partial charge in [-0.3, -0.25) is 0 Å². The minimum atomic E-state index is -0.711. The highest BCUT2D eigenvalue weighted by molar-refractivity contribution is 8.76. The highest BCUT2D eigenvalue weighted by Gasteiger charge is 1.96. The number of carbonyl (C=O) groups excluding carboxylic acids is 1. The van der Waals surface area contributed by atoms with Crippen LogP contribution < -0.4 is 5.73 Å². The molecule has 0 saturated carbocycles. The molecule has 6 heteroatoms. The standard InChI is InChI=1S/C9H12N2O2S2/c10-9(12)13-6-3-7-14-15-8-4-1-2-5-11-8/h1-2,4-5H,3,6-7H2,(H2,10,12). The van der Waals surface area contributed by atoms with Crippen molar-refractivity contribution in [1.29, 1.82) is 0 Å². The van der Waals surface area contributed by atoms with Crippen molar-refractivity contribution in [3.05, 3.63) is 24.4 Å². The van der Waals surface area contributed by atoms with Crippen molar-refractivity contribution in [3.8, 4) is 0 Å². The van der Waals surface area contributed by atoms with E-state index in [1.165, 1.54) is 0 Å². The van der Waals surface area contributed by atoms with E-state index < -0.39 is 6.09 Å². The smallest absolute Gasteiger partial charge is 0.404 e. The van der Waals surface area contributed by atoms with Crippen molar-refractivity contribution < 1.29 is 9.53 Å². The lowest BCUT2D eigenvalue weighted by atomic mass is 10.5. The maximum Gasteiger partial charge on any atom is 0.404 e. The third-order valence-electron chi connectivity index (χ3n) is 1.40. The minimum absolute atomic E-state index is 0.380. The average Bonchev–Trinajstić information content (AvgIpc) is 2.24. The third-order valence-corrected chi connectivity index (χ3v) is 3.75. The van der Waals surface area contributed by atoms with E-state index in [0.717, 1.165) is 17.2 Å². The van der Waals surface area contributed by atoms with Crippen LogP contribution in [0.25, 0.3) is 0 Å². The molecule has 0 radical (unpaired) electrons. The van der Waals surface area contributed by atoms with E-state index in [-0.39, 0.29) is 0 Å². The first-order valence-corrected chi connectivity index (χ1v) is 6.73. The Labute approximate surface area is 96.4 Å². The van der Waals surface area contributed by atoms with Crippen LogP contribution in [0.4, 0.5) is 4.79 Å². The number of amides is 1. The van der Waals surface area contributed by atoms with Crippen LogP contribution in [0.5, 0.6) is 0 Å². The van der Waals surface area contributed by atoms with Crippen molar-refractivity contribution in [3.63, 3.8) is 0 Å². The normalized spacial score (nSPS) is 9.87. The second kappa shape index (κ2) is 7.42. The highest BCUT2D eigenvalue weighted by atomic mass is 33.1. The molecule has 1 heterocycles. The average molecular weight is 244 g/mol. The zero-order valence-corrected chi connectivity index (χ0v) is 9.72. The first-order valence-electron chi connectivity index (χ1n) is 4.42. The van der Waals surface area contributed by atoms with Gasteiger partial charge in [0.05, 0.1) is 6.61 Å². The SMILES string of the molecule is NC(=O)OCCCSSc1ccccn1. The topological polar surface area (TPSA) is 65.2 Å². The molecule has 1 amide bonds. The van der Waals surface area contributed by atoms with Crippen molar-refractivity contribution in [2.45, 2.75) is 11.4 Å². The van der Waals surface area contributed by atoms with Gasteiger partial charge in [0.1, 0.15) is 5.03 Å². The molecule has 0 aliphatic heterocycles. The largest absolute Gasteiger partial charge is 0.450 e. The maximum atomic E-state index is 10.2. The number of ether oxygens (including phenoxy) is 1. The summed E-state index contributed by atoms with van der Waals surface area (Å²) in [5.74, 6) is 0.897. The lowest BCUT2D eigenvalue weighted by molar-refractivity contribution is 0.157. The maximum absolute atomic E-state index is 10.2. The molecule has 0 aromatic carbocycles. The number of hydrogen-bond donors (Lipinski definition) is 1. The molecule has 0 aliphatic carbocycles. The quantitative estimate of drug-likeness (QED) is 0.614. The molecule has 15 heavy (non-hydrogen) atoms. The molecule has 0 atom stereocenters. The first kappa shape index (κ1) is 12.2. The lowest BCUT2D eigenvalue weighted by Crippen LogP contribution is -2.13. The number of rotatable bonds is 6. The van der Waals surface area contributed by atoms with Crippen molar-refractivity contribution in [2.75, 3.05) is 12.4 Å². The summed E-state index contributed by atoms with van der Waals surface area (Å²) >= 11 is 0. The second-order valence-electron chi connectivity index (χ2n) is 2.59. The number of hydrogen-bond acceptors (Lipinski definition) is 5. The summed E-state index contributed by atoms with van der Waals surface area (Å²) in [6, 6.07) is 5.79. The molecule has 1 rings (SSSR count). The summed E-state index contributed by atoms with van der Waals surface area (Å²) in [5.41, 5.74) is 4.82. The number of pyridine rings is 1. The monoisotopic (exact) mass is 244 g/mol. The van der Waals surface area contributed by atoms with Gasteiger partial charge in [0.25, 0.3) is 0 Å². The Balaban J connectivity index is 2.00. The van der Waals surface area contributed by atoms with Gasteiger partial charge >= 0.3 is 6.09 Å². The molecule has 0 spiro atoms. The van der Waals surface area contributed by atoms with Gasteiger partial charge in [-0.2, -0.15) is 0 Å². The molecule has 0 unspecified atom stereocenters. The van der Waals surface area contributed by atoms with E-state index in [4.69, 9.17) is 5.73 Å². The van der Waals surface area contributed by atoms with Crippen LogP contribution in [0.1, 0.15) is 6.42 Å². The fourth-order valence-corrected chi connectivity index (χ4v) is 2.73. The minimum Gasteiger partial charge on any atom is -0.450 e. The molecule has 0 bridgehead atoms. The molecular weight excluding hydrogens is 232 g/mol. The van der Waals surface area contributed by atoms with Crippen molar-refractivity contribution >= 4 is 27.7 Å². The van der Waals surface area contributed by atoms with Crippen LogP contribution in [0.2, 0.25) is 0 Å². The predicted octanol–water partition coefficient (Wildman–Crippen LogP) is 2.31. The molecule has 0 saturated heterocycles. The van der Waals surface area contributed by atoms with E-state index in [0.29, 0.717) is 6.61 Å². The molecule has 0 aliphatic rings. The Morgan fingerprint density at radius 1 is 1.53 bits per heavy atom. The van der Waals surface area contributed by atoms with E-state index in [2.05, 4.69) is 9.72 Å². The van der Waals surface area contributed by atoms with Crippen LogP contribution in [0.15, 0.2) is 29.4 Å². The zero-order chi connectivity index (χ0) is 10.9. The number of carbonyl (C=O) groups is 1. The van der Waals surface area contributed by atoms with Crippen LogP contribution in [0, 0.1) is 0 Å². The van der Waals surface area contributed by atoms with E-state index in [1.807, 2.05) is 18.2 Å². The molecule has 4 nitrogen and oxygen atoms in total. The van der Waals surface area contributed by atoms with E-state index >= 15 is 0 Å². The summed E-state index contributed by atoms with van der Waals surface area (Å²) in [4.78, 5) is 14.4. The summed E-state index contributed by atoms with van der Waals surface area (Å²) in [6.45, 7) is 0.380. The van der Waals surface area contributed by atoms with Crippen LogP contribution >= 0.6 is 21.6 Å². The third kappa shape index (κ3) is 6.24. The summed E-state index contributed by atoms with van der Waals surface area (Å²) in [5, 5.41) is 0.985. The van der Waals surface area contributed by atoms with Gasteiger partial charge in [-0.1, -0.05) is 16.9 Å². The van der Waals surface area contributed by atoms with Crippen LogP contribution in [-0.2, 0) is 4.74 Å². The Morgan fingerprint density at radius 2 is 2.40 bits per heavy atom. The van der Waals surface area contributed by atoms with Gasteiger partial charge in [0, 0.05) is 11.9 Å². The van der Waals surface area contributed by atoms with Crippen molar-refractivity contribution in [2.24, 2.45) is 5.73 Å². The Bertz CT molecular complexity index is 295. The Morgan fingerprint density at radius 3 is 3.07 bits per heavy atom. The number of nitrogens with two attached hydrogens (primary N) is 1. The van der Waals surface area contributed by atoms with Crippen LogP contribution in [0.3, 0.4) is 0 Å². The number of primary amides is 1. The molecule has 1 aromatic heterocycles. The number of nitrogens with zero attached hydrogens (tertiary/aromatic N) is 1.